The van der Waals surface area contributed by atoms with E-state index in [0.29, 0.717) is 0 Å². The minimum atomic E-state index is -1.19. The predicted molar refractivity (Wildman–Crippen MR) is 93.6 cm³/mol. The first kappa shape index (κ1) is 18.4. The molecule has 0 bridgehead atoms. The molecule has 0 heterocycles. The van der Waals surface area contributed by atoms with Gasteiger partial charge in [0, 0.05) is 17.2 Å². The first-order chi connectivity index (χ1) is 10.8. The Hall–Kier alpha value is -0.970. The molecule has 0 fully saturated rings. The quantitative estimate of drug-likeness (QED) is 0.338. The number of benzene rings is 2. The normalized spacial score (nSPS) is 11.2. The molecule has 0 aliphatic rings. The molecule has 0 aliphatic carbocycles. The van der Waals surface area contributed by atoms with Gasteiger partial charge in [0.05, 0.1) is 25.1 Å². The van der Waals surface area contributed by atoms with E-state index in [0.717, 1.165) is 6.08 Å². The SMILES string of the molecule is O=C(O)/C=C\c1cccc(F)c1-c1c(Cl)c(Cl)c(Cl)c(Cl)c1Cl. The molecule has 0 saturated carbocycles. The Morgan fingerprint density at radius 1 is 0.913 bits per heavy atom. The summed E-state index contributed by atoms with van der Waals surface area (Å²) >= 11 is 30.2. The largest absolute Gasteiger partial charge is 0.478 e. The predicted octanol–water partition coefficient (Wildman–Crippen LogP) is 6.86. The van der Waals surface area contributed by atoms with Crippen LogP contribution >= 0.6 is 58.0 Å². The van der Waals surface area contributed by atoms with E-state index in [-0.39, 0.29) is 41.8 Å². The van der Waals surface area contributed by atoms with Crippen LogP contribution in [0.1, 0.15) is 5.56 Å². The van der Waals surface area contributed by atoms with Gasteiger partial charge in [0.2, 0.25) is 0 Å². The molecule has 0 atom stereocenters. The van der Waals surface area contributed by atoms with Gasteiger partial charge >= 0.3 is 5.97 Å². The fourth-order valence-corrected chi connectivity index (χ4v) is 3.26. The minimum Gasteiger partial charge on any atom is -0.478 e. The van der Waals surface area contributed by atoms with Crippen molar-refractivity contribution in [3.8, 4) is 11.1 Å². The highest BCUT2D eigenvalue weighted by atomic mass is 35.5. The third-order valence-electron chi connectivity index (χ3n) is 2.91. The molecule has 2 nitrogen and oxygen atoms in total. The molecule has 0 aromatic heterocycles. The Morgan fingerprint density at radius 2 is 1.43 bits per heavy atom. The number of carbonyl (C=O) groups is 1. The van der Waals surface area contributed by atoms with Gasteiger partial charge in [0.25, 0.3) is 0 Å². The summed E-state index contributed by atoms with van der Waals surface area (Å²) in [5.74, 6) is -1.86. The number of carboxylic acid groups (broad SMARTS) is 1. The van der Waals surface area contributed by atoms with Crippen molar-refractivity contribution in [3.63, 3.8) is 0 Å². The Balaban J connectivity index is 2.85. The highest BCUT2D eigenvalue weighted by Crippen LogP contribution is 2.49. The number of aliphatic carboxylic acids is 1. The van der Waals surface area contributed by atoms with E-state index in [1.54, 1.807) is 0 Å². The van der Waals surface area contributed by atoms with Gasteiger partial charge in [-0.3, -0.25) is 0 Å². The molecule has 0 aliphatic heterocycles. The lowest BCUT2D eigenvalue weighted by atomic mass is 9.98. The van der Waals surface area contributed by atoms with Gasteiger partial charge in [-0.25, -0.2) is 9.18 Å². The van der Waals surface area contributed by atoms with Crippen molar-refractivity contribution in [2.45, 2.75) is 0 Å². The number of hydrogen-bond acceptors (Lipinski definition) is 1. The van der Waals surface area contributed by atoms with E-state index in [9.17, 15) is 9.18 Å². The van der Waals surface area contributed by atoms with Gasteiger partial charge in [-0.1, -0.05) is 70.1 Å². The Kier molecular flexibility index (Phi) is 5.82. The van der Waals surface area contributed by atoms with Crippen molar-refractivity contribution in [1.29, 1.82) is 0 Å². The zero-order valence-electron chi connectivity index (χ0n) is 11.0. The topological polar surface area (TPSA) is 37.3 Å². The second-order valence-electron chi connectivity index (χ2n) is 4.32. The van der Waals surface area contributed by atoms with Gasteiger partial charge in [-0.15, -0.1) is 0 Å². The lowest BCUT2D eigenvalue weighted by Gasteiger charge is -2.15. The monoisotopic (exact) mass is 412 g/mol. The smallest absolute Gasteiger partial charge is 0.328 e. The van der Waals surface area contributed by atoms with Crippen LogP contribution in [0.2, 0.25) is 25.1 Å². The van der Waals surface area contributed by atoms with E-state index in [2.05, 4.69) is 0 Å². The van der Waals surface area contributed by atoms with Crippen LogP contribution < -0.4 is 0 Å². The third-order valence-corrected chi connectivity index (χ3v) is 5.19. The van der Waals surface area contributed by atoms with Crippen LogP contribution in [0.15, 0.2) is 24.3 Å². The second-order valence-corrected chi connectivity index (χ2v) is 6.21. The molecule has 2 rings (SSSR count). The van der Waals surface area contributed by atoms with Gasteiger partial charge in [-0.05, 0) is 17.7 Å². The van der Waals surface area contributed by atoms with E-state index >= 15 is 0 Å². The average molecular weight is 414 g/mol. The maximum atomic E-state index is 14.4. The molecule has 1 N–H and O–H groups in total. The maximum absolute atomic E-state index is 14.4. The summed E-state index contributed by atoms with van der Waals surface area (Å²) in [7, 11) is 0. The Labute approximate surface area is 156 Å². The lowest BCUT2D eigenvalue weighted by Crippen LogP contribution is -1.94. The fraction of sp³-hybridized carbons (Fsp3) is 0. The molecular formula is C15H6Cl5FO2. The van der Waals surface area contributed by atoms with E-state index in [4.69, 9.17) is 63.1 Å². The fourth-order valence-electron chi connectivity index (χ4n) is 1.93. The molecule has 0 radical (unpaired) electrons. The van der Waals surface area contributed by atoms with Crippen LogP contribution in [0, 0.1) is 5.82 Å². The molecule has 120 valence electrons. The van der Waals surface area contributed by atoms with Gasteiger partial charge in [0.15, 0.2) is 0 Å². The van der Waals surface area contributed by atoms with E-state index in [1.807, 2.05) is 0 Å². The van der Waals surface area contributed by atoms with Crippen molar-refractivity contribution < 1.29 is 14.3 Å². The van der Waals surface area contributed by atoms with E-state index < -0.39 is 11.8 Å². The molecule has 23 heavy (non-hydrogen) atoms. The molecule has 0 unspecified atom stereocenters. The average Bonchev–Trinajstić information content (AvgIpc) is 2.51. The van der Waals surface area contributed by atoms with Gasteiger partial charge in [-0.2, -0.15) is 0 Å². The lowest BCUT2D eigenvalue weighted by molar-refractivity contribution is -0.131. The summed E-state index contributed by atoms with van der Waals surface area (Å²) in [5.41, 5.74) is 0.252. The first-order valence-electron chi connectivity index (χ1n) is 5.97. The van der Waals surface area contributed by atoms with Crippen molar-refractivity contribution in [3.05, 3.63) is 60.8 Å². The standard InChI is InChI=1S/C15H6Cl5FO2/c16-11-10(12(17)14(19)15(20)13(11)18)9-6(4-5-8(22)23)2-1-3-7(9)21/h1-5H,(H,22,23)/b5-4-. The highest BCUT2D eigenvalue weighted by molar-refractivity contribution is 6.56. The van der Waals surface area contributed by atoms with Crippen molar-refractivity contribution >= 4 is 70.1 Å². The van der Waals surface area contributed by atoms with Gasteiger partial charge in [0.1, 0.15) is 5.82 Å². The van der Waals surface area contributed by atoms with Crippen LogP contribution in [-0.2, 0) is 4.79 Å². The molecule has 8 heteroatoms. The molecule has 2 aromatic rings. The van der Waals surface area contributed by atoms with Crippen LogP contribution in [0.4, 0.5) is 4.39 Å². The second kappa shape index (κ2) is 7.29. The Bertz CT molecular complexity index is 804. The number of rotatable bonds is 3. The van der Waals surface area contributed by atoms with Crippen molar-refractivity contribution in [2.24, 2.45) is 0 Å². The molecular weight excluding hydrogens is 408 g/mol. The van der Waals surface area contributed by atoms with Crippen molar-refractivity contribution in [2.75, 3.05) is 0 Å². The van der Waals surface area contributed by atoms with Crippen LogP contribution in [0.25, 0.3) is 17.2 Å². The molecule has 2 aromatic carbocycles. The summed E-state index contributed by atoms with van der Waals surface area (Å²) in [4.78, 5) is 10.7. The molecule has 0 saturated heterocycles. The Morgan fingerprint density at radius 3 is 1.96 bits per heavy atom. The zero-order chi connectivity index (χ0) is 17.3. The number of hydrogen-bond donors (Lipinski definition) is 1. The number of halogens is 6. The van der Waals surface area contributed by atoms with Gasteiger partial charge < -0.3 is 5.11 Å². The van der Waals surface area contributed by atoms with E-state index in [1.165, 1.54) is 24.3 Å². The number of carboxylic acids is 1. The summed E-state index contributed by atoms with van der Waals surface area (Å²) < 4.78 is 14.4. The van der Waals surface area contributed by atoms with Crippen LogP contribution in [0.5, 0.6) is 0 Å². The summed E-state index contributed by atoms with van der Waals surface area (Å²) in [6.45, 7) is 0. The molecule has 0 spiro atoms. The van der Waals surface area contributed by atoms with Crippen LogP contribution in [0.3, 0.4) is 0 Å². The summed E-state index contributed by atoms with van der Waals surface area (Å²) in [5, 5.41) is 8.38. The molecule has 0 amide bonds. The third kappa shape index (κ3) is 3.59. The minimum absolute atomic E-state index is 0.0273. The van der Waals surface area contributed by atoms with Crippen LogP contribution in [-0.4, -0.2) is 11.1 Å². The first-order valence-corrected chi connectivity index (χ1v) is 7.86. The summed E-state index contributed by atoms with van der Waals surface area (Å²) in [6.07, 6.45) is 2.07. The van der Waals surface area contributed by atoms with Crippen molar-refractivity contribution in [1.82, 2.24) is 0 Å². The zero-order valence-corrected chi connectivity index (χ0v) is 14.8. The highest BCUT2D eigenvalue weighted by Gasteiger charge is 2.23. The maximum Gasteiger partial charge on any atom is 0.328 e. The summed E-state index contributed by atoms with van der Waals surface area (Å²) in [6, 6.07) is 4.10.